The van der Waals surface area contributed by atoms with E-state index in [0.717, 1.165) is 22.0 Å². The van der Waals surface area contributed by atoms with Crippen molar-refractivity contribution < 1.29 is 9.53 Å². The number of para-hydroxylation sites is 1. The predicted molar refractivity (Wildman–Crippen MR) is 92.5 cm³/mol. The Hall–Kier alpha value is -2.88. The molecule has 1 atom stereocenters. The van der Waals surface area contributed by atoms with E-state index >= 15 is 0 Å². The summed E-state index contributed by atoms with van der Waals surface area (Å²) in [4.78, 5) is 25.2. The Labute approximate surface area is 139 Å². The minimum atomic E-state index is -0.299. The molecule has 0 unspecified atom stereocenters. The van der Waals surface area contributed by atoms with E-state index in [-0.39, 0.29) is 23.9 Å². The largest absolute Gasteiger partial charge is 0.425 e. The molecule has 1 aromatic heterocycles. The van der Waals surface area contributed by atoms with Crippen molar-refractivity contribution in [2.45, 2.75) is 19.3 Å². The number of aryl methyl sites for hydroxylation is 2. The first-order chi connectivity index (χ1) is 11.6. The molecule has 4 rings (SSSR count). The van der Waals surface area contributed by atoms with Gasteiger partial charge in [0, 0.05) is 18.4 Å². The molecule has 0 aliphatic carbocycles. The molecule has 4 heteroatoms. The third-order valence-corrected chi connectivity index (χ3v) is 4.67. The van der Waals surface area contributed by atoms with Gasteiger partial charge >= 0.3 is 5.97 Å². The van der Waals surface area contributed by atoms with Gasteiger partial charge < -0.3 is 9.30 Å². The van der Waals surface area contributed by atoms with E-state index in [0.29, 0.717) is 11.3 Å². The summed E-state index contributed by atoms with van der Waals surface area (Å²) in [6.45, 7) is 2.00. The minimum Gasteiger partial charge on any atom is -0.425 e. The van der Waals surface area contributed by atoms with Gasteiger partial charge in [-0.15, -0.1) is 0 Å². The zero-order chi connectivity index (χ0) is 16.8. The predicted octanol–water partition coefficient (Wildman–Crippen LogP) is 3.29. The van der Waals surface area contributed by atoms with Gasteiger partial charge in [-0.3, -0.25) is 9.59 Å². The topological polar surface area (TPSA) is 48.3 Å². The molecule has 0 spiro atoms. The maximum Gasteiger partial charge on any atom is 0.312 e. The van der Waals surface area contributed by atoms with E-state index in [1.165, 1.54) is 0 Å². The molecule has 2 heterocycles. The molecule has 1 aliphatic heterocycles. The van der Waals surface area contributed by atoms with E-state index in [2.05, 4.69) is 0 Å². The molecule has 2 aromatic carbocycles. The number of hydrogen-bond donors (Lipinski definition) is 0. The maximum atomic E-state index is 13.0. The zero-order valence-electron chi connectivity index (χ0n) is 13.6. The van der Waals surface area contributed by atoms with E-state index in [1.807, 2.05) is 55.5 Å². The lowest BCUT2D eigenvalue weighted by Gasteiger charge is -2.26. The summed E-state index contributed by atoms with van der Waals surface area (Å²) in [6.07, 6.45) is 0.185. The van der Waals surface area contributed by atoms with Gasteiger partial charge in [0.1, 0.15) is 5.75 Å². The van der Waals surface area contributed by atoms with Gasteiger partial charge in [0.05, 0.1) is 17.5 Å². The molecule has 3 aromatic rings. The van der Waals surface area contributed by atoms with E-state index < -0.39 is 0 Å². The first kappa shape index (κ1) is 14.7. The van der Waals surface area contributed by atoms with Gasteiger partial charge in [0.25, 0.3) is 5.56 Å². The third-order valence-electron chi connectivity index (χ3n) is 4.67. The highest BCUT2D eigenvalue weighted by molar-refractivity contribution is 5.91. The summed E-state index contributed by atoms with van der Waals surface area (Å²) in [5.74, 6) is -0.159. The summed E-state index contributed by atoms with van der Waals surface area (Å²) >= 11 is 0. The van der Waals surface area contributed by atoms with Crippen LogP contribution in [0.2, 0.25) is 0 Å². The van der Waals surface area contributed by atoms with Gasteiger partial charge in [-0.05, 0) is 24.6 Å². The number of benzene rings is 2. The van der Waals surface area contributed by atoms with E-state index in [9.17, 15) is 9.59 Å². The second kappa shape index (κ2) is 5.34. The molecule has 0 bridgehead atoms. The summed E-state index contributed by atoms with van der Waals surface area (Å²) in [5.41, 5.74) is 3.30. The molecule has 0 saturated carbocycles. The van der Waals surface area contributed by atoms with Crippen LogP contribution in [0, 0.1) is 6.92 Å². The van der Waals surface area contributed by atoms with Crippen LogP contribution in [0.3, 0.4) is 0 Å². The second-order valence-corrected chi connectivity index (χ2v) is 6.27. The molecule has 120 valence electrons. The van der Waals surface area contributed by atoms with Crippen molar-refractivity contribution in [3.05, 3.63) is 75.6 Å². The fraction of sp³-hybridized carbons (Fsp3) is 0.200. The lowest BCUT2D eigenvalue weighted by molar-refractivity contribution is -0.135. The second-order valence-electron chi connectivity index (χ2n) is 6.27. The molecular formula is C20H17NO3. The number of carbonyl (C=O) groups is 1. The first-order valence-corrected chi connectivity index (χ1v) is 7.95. The summed E-state index contributed by atoms with van der Waals surface area (Å²) in [7, 11) is 1.76. The highest BCUT2D eigenvalue weighted by Crippen LogP contribution is 2.40. The van der Waals surface area contributed by atoms with Crippen molar-refractivity contribution >= 4 is 16.9 Å². The van der Waals surface area contributed by atoms with Crippen molar-refractivity contribution in [3.63, 3.8) is 0 Å². The van der Waals surface area contributed by atoms with E-state index in [1.54, 1.807) is 11.6 Å². The van der Waals surface area contributed by atoms with Crippen LogP contribution in [0.15, 0.2) is 53.3 Å². The Bertz CT molecular complexity index is 1030. The maximum absolute atomic E-state index is 13.0. The third kappa shape index (κ3) is 2.14. The smallest absolute Gasteiger partial charge is 0.312 e. The fourth-order valence-corrected chi connectivity index (χ4v) is 3.50. The molecule has 24 heavy (non-hydrogen) atoms. The Morgan fingerprint density at radius 1 is 1.08 bits per heavy atom. The van der Waals surface area contributed by atoms with Gasteiger partial charge in [-0.25, -0.2) is 0 Å². The lowest BCUT2D eigenvalue weighted by Crippen LogP contribution is -2.31. The Balaban J connectivity index is 2.07. The zero-order valence-corrected chi connectivity index (χ0v) is 13.6. The number of rotatable bonds is 1. The molecule has 1 aliphatic rings. The number of ether oxygens (including phenoxy) is 1. The fourth-order valence-electron chi connectivity index (χ4n) is 3.50. The normalized spacial score (nSPS) is 16.8. The lowest BCUT2D eigenvalue weighted by atomic mass is 9.85. The van der Waals surface area contributed by atoms with Gasteiger partial charge in [-0.1, -0.05) is 42.0 Å². The summed E-state index contributed by atoms with van der Waals surface area (Å²) < 4.78 is 7.15. The van der Waals surface area contributed by atoms with Crippen LogP contribution >= 0.6 is 0 Å². The first-order valence-electron chi connectivity index (χ1n) is 7.95. The monoisotopic (exact) mass is 319 g/mol. The number of nitrogens with zero attached hydrogens (tertiary/aromatic N) is 1. The standard InChI is InChI=1S/C20H17NO3/c1-12-6-5-7-13(10-12)15-11-17(22)24-19-14-8-3-4-9-16(14)21(2)20(23)18(15)19/h3-10,15H,11H2,1-2H3/t15-/m1/s1. The van der Waals surface area contributed by atoms with Crippen LogP contribution in [0.1, 0.15) is 29.0 Å². The highest BCUT2D eigenvalue weighted by atomic mass is 16.5. The average Bonchev–Trinajstić information content (AvgIpc) is 2.59. The van der Waals surface area contributed by atoms with Crippen molar-refractivity contribution in [2.24, 2.45) is 7.05 Å². The number of carbonyl (C=O) groups excluding carboxylic acids is 1. The molecule has 0 amide bonds. The number of hydrogen-bond acceptors (Lipinski definition) is 3. The molecule has 0 saturated heterocycles. The minimum absolute atomic E-state index is 0.109. The number of esters is 1. The van der Waals surface area contributed by atoms with Crippen LogP contribution in [0.25, 0.3) is 10.9 Å². The van der Waals surface area contributed by atoms with Gasteiger partial charge in [-0.2, -0.15) is 0 Å². The molecule has 4 nitrogen and oxygen atoms in total. The van der Waals surface area contributed by atoms with Crippen LogP contribution in [-0.2, 0) is 11.8 Å². The molecule has 0 radical (unpaired) electrons. The van der Waals surface area contributed by atoms with Crippen molar-refractivity contribution in [1.29, 1.82) is 0 Å². The average molecular weight is 319 g/mol. The van der Waals surface area contributed by atoms with Crippen LogP contribution in [0.5, 0.6) is 5.75 Å². The van der Waals surface area contributed by atoms with Crippen LogP contribution in [0.4, 0.5) is 0 Å². The van der Waals surface area contributed by atoms with Crippen molar-refractivity contribution in [3.8, 4) is 5.75 Å². The molecule has 0 N–H and O–H groups in total. The van der Waals surface area contributed by atoms with Gasteiger partial charge in [0.15, 0.2) is 0 Å². The Morgan fingerprint density at radius 3 is 2.67 bits per heavy atom. The van der Waals surface area contributed by atoms with Crippen LogP contribution in [-0.4, -0.2) is 10.5 Å². The quantitative estimate of drug-likeness (QED) is 0.647. The summed E-state index contributed by atoms with van der Waals surface area (Å²) in [6, 6.07) is 15.5. The molecular weight excluding hydrogens is 302 g/mol. The van der Waals surface area contributed by atoms with Crippen LogP contribution < -0.4 is 10.3 Å². The van der Waals surface area contributed by atoms with Gasteiger partial charge in [0.2, 0.25) is 0 Å². The summed E-state index contributed by atoms with van der Waals surface area (Å²) in [5, 5.41) is 0.792. The Kier molecular flexibility index (Phi) is 3.27. The number of aromatic nitrogens is 1. The van der Waals surface area contributed by atoms with E-state index in [4.69, 9.17) is 4.74 Å². The van der Waals surface area contributed by atoms with Crippen molar-refractivity contribution in [2.75, 3.05) is 0 Å². The highest BCUT2D eigenvalue weighted by Gasteiger charge is 2.33. The van der Waals surface area contributed by atoms with Crippen molar-refractivity contribution in [1.82, 2.24) is 4.57 Å². The molecule has 0 fully saturated rings. The Morgan fingerprint density at radius 2 is 1.88 bits per heavy atom. The SMILES string of the molecule is Cc1cccc([C@H]2CC(=O)Oc3c2c(=O)n(C)c2ccccc32)c1. The number of fused-ring (bicyclic) bond motifs is 3. The number of pyridine rings is 1.